The summed E-state index contributed by atoms with van der Waals surface area (Å²) in [6.07, 6.45) is -3.63. The normalized spacial score (nSPS) is 25.1. The first-order valence-corrected chi connectivity index (χ1v) is 9.43. The average Bonchev–Trinajstić information content (AvgIpc) is 3.10. The van der Waals surface area contributed by atoms with Crippen LogP contribution < -0.4 is 5.32 Å². The van der Waals surface area contributed by atoms with Gasteiger partial charge in [0.25, 0.3) is 5.91 Å². The number of alkyl halides is 3. The van der Waals surface area contributed by atoms with E-state index in [1.54, 1.807) is 0 Å². The van der Waals surface area contributed by atoms with E-state index in [-0.39, 0.29) is 11.1 Å². The fraction of sp³-hybridized carbons (Fsp3) is 0.588. The van der Waals surface area contributed by atoms with Crippen LogP contribution in [0.1, 0.15) is 22.3 Å². The topological polar surface area (TPSA) is 41.6 Å². The summed E-state index contributed by atoms with van der Waals surface area (Å²) in [6.45, 7) is 3.23. The van der Waals surface area contributed by atoms with Gasteiger partial charge in [-0.2, -0.15) is 24.9 Å². The lowest BCUT2D eigenvalue weighted by Gasteiger charge is -2.43. The molecule has 1 atom stereocenters. The lowest BCUT2D eigenvalue weighted by Crippen LogP contribution is -2.59. The minimum atomic E-state index is -4.54. The zero-order chi connectivity index (χ0) is 17.9. The number of hydrogen-bond acceptors (Lipinski definition) is 4. The Labute approximate surface area is 149 Å². The van der Waals surface area contributed by atoms with E-state index in [9.17, 15) is 18.0 Å². The Kier molecular flexibility index (Phi) is 5.60. The molecule has 0 bridgehead atoms. The number of carbonyl (C=O) groups is 1. The van der Waals surface area contributed by atoms with Crippen LogP contribution in [0.5, 0.6) is 0 Å². The number of thioether (sulfide) groups is 1. The van der Waals surface area contributed by atoms with Crippen LogP contribution in [0.15, 0.2) is 24.3 Å². The molecule has 0 aliphatic carbocycles. The highest BCUT2D eigenvalue weighted by atomic mass is 32.2. The minimum Gasteiger partial charge on any atom is -0.379 e. The van der Waals surface area contributed by atoms with Crippen molar-refractivity contribution in [2.45, 2.75) is 18.1 Å². The summed E-state index contributed by atoms with van der Waals surface area (Å²) in [6, 6.07) is 4.91. The Morgan fingerprint density at radius 1 is 1.28 bits per heavy atom. The second-order valence-corrected chi connectivity index (χ2v) is 7.46. The van der Waals surface area contributed by atoms with Crippen molar-refractivity contribution in [2.75, 3.05) is 44.4 Å². The first kappa shape index (κ1) is 18.5. The summed E-state index contributed by atoms with van der Waals surface area (Å²) in [5.74, 6) is 1.19. The summed E-state index contributed by atoms with van der Waals surface area (Å²) in [5.41, 5.74) is -1.41. The molecule has 0 spiro atoms. The number of carbonyl (C=O) groups excluding carboxylic acids is 1. The lowest BCUT2D eigenvalue weighted by molar-refractivity contribution is -0.137. The van der Waals surface area contributed by atoms with Gasteiger partial charge in [-0.15, -0.1) is 0 Å². The van der Waals surface area contributed by atoms with Crippen LogP contribution in [0.4, 0.5) is 13.2 Å². The van der Waals surface area contributed by atoms with Gasteiger partial charge < -0.3 is 10.1 Å². The van der Waals surface area contributed by atoms with Gasteiger partial charge in [-0.1, -0.05) is 12.1 Å². The molecule has 2 heterocycles. The van der Waals surface area contributed by atoms with Gasteiger partial charge in [0.2, 0.25) is 0 Å². The third-order valence-electron chi connectivity index (χ3n) is 4.82. The van der Waals surface area contributed by atoms with Gasteiger partial charge in [0.1, 0.15) is 0 Å². The monoisotopic (exact) mass is 374 g/mol. The molecule has 8 heteroatoms. The Balaban J connectivity index is 1.73. The molecular formula is C17H21F3N2O2S. The smallest absolute Gasteiger partial charge is 0.379 e. The van der Waals surface area contributed by atoms with Crippen molar-refractivity contribution in [3.8, 4) is 0 Å². The van der Waals surface area contributed by atoms with Gasteiger partial charge in [-0.05, 0) is 24.3 Å². The number of nitrogens with zero attached hydrogens (tertiary/aromatic N) is 1. The third-order valence-corrected chi connectivity index (χ3v) is 6.05. The van der Waals surface area contributed by atoms with Crippen molar-refractivity contribution >= 4 is 17.7 Å². The van der Waals surface area contributed by atoms with Crippen LogP contribution in [0.2, 0.25) is 0 Å². The molecule has 0 saturated carbocycles. The van der Waals surface area contributed by atoms with Crippen LogP contribution in [0.25, 0.3) is 0 Å². The highest BCUT2D eigenvalue weighted by Gasteiger charge is 2.41. The van der Waals surface area contributed by atoms with Crippen LogP contribution in [0.3, 0.4) is 0 Å². The molecule has 1 amide bonds. The second-order valence-electron chi connectivity index (χ2n) is 6.35. The molecule has 2 fully saturated rings. The lowest BCUT2D eigenvalue weighted by atomic mass is 9.95. The zero-order valence-corrected chi connectivity index (χ0v) is 14.6. The maximum atomic E-state index is 13.1. The fourth-order valence-corrected chi connectivity index (χ4v) is 4.88. The molecule has 2 saturated heterocycles. The van der Waals surface area contributed by atoms with E-state index in [2.05, 4.69) is 10.2 Å². The molecular weight excluding hydrogens is 353 g/mol. The van der Waals surface area contributed by atoms with E-state index in [1.165, 1.54) is 18.2 Å². The Bertz CT molecular complexity index is 612. The molecule has 3 rings (SSSR count). The summed E-state index contributed by atoms with van der Waals surface area (Å²) in [5, 5.41) is 2.76. The van der Waals surface area contributed by atoms with Crippen LogP contribution in [0, 0.1) is 0 Å². The summed E-state index contributed by atoms with van der Waals surface area (Å²) in [4.78, 5) is 14.7. The van der Waals surface area contributed by atoms with E-state index in [0.29, 0.717) is 19.8 Å². The largest absolute Gasteiger partial charge is 0.417 e. The number of morpholine rings is 1. The quantitative estimate of drug-likeness (QED) is 0.880. The number of halogens is 3. The number of rotatable bonds is 4. The Morgan fingerprint density at radius 3 is 2.64 bits per heavy atom. The standard InChI is InChI=1S/C17H21F3N2O2S/c18-17(19,20)14-4-2-1-3-13(14)15(23)21-11-16(5-10-25-12-16)22-6-8-24-9-7-22/h1-4H,5-12H2,(H,21,23)/t16-/m1/s1. The van der Waals surface area contributed by atoms with E-state index < -0.39 is 17.6 Å². The predicted molar refractivity (Wildman–Crippen MR) is 90.8 cm³/mol. The van der Waals surface area contributed by atoms with Crippen molar-refractivity contribution in [3.05, 3.63) is 35.4 Å². The first-order chi connectivity index (χ1) is 11.9. The van der Waals surface area contributed by atoms with Gasteiger partial charge in [-0.25, -0.2) is 0 Å². The highest BCUT2D eigenvalue weighted by molar-refractivity contribution is 7.99. The van der Waals surface area contributed by atoms with Crippen molar-refractivity contribution in [2.24, 2.45) is 0 Å². The Hall–Kier alpha value is -1.25. The predicted octanol–water partition coefficient (Wildman–Crippen LogP) is 2.64. The number of hydrogen-bond donors (Lipinski definition) is 1. The van der Waals surface area contributed by atoms with Gasteiger partial charge in [-0.3, -0.25) is 9.69 Å². The molecule has 0 aromatic heterocycles. The molecule has 2 aliphatic rings. The van der Waals surface area contributed by atoms with Crippen LogP contribution >= 0.6 is 11.8 Å². The molecule has 0 radical (unpaired) electrons. The number of nitrogens with one attached hydrogen (secondary N) is 1. The molecule has 0 unspecified atom stereocenters. The van der Waals surface area contributed by atoms with Crippen LogP contribution in [-0.2, 0) is 10.9 Å². The first-order valence-electron chi connectivity index (χ1n) is 8.27. The molecule has 138 valence electrons. The minimum absolute atomic E-state index is 0.197. The van der Waals surface area contributed by atoms with E-state index in [0.717, 1.165) is 37.1 Å². The molecule has 25 heavy (non-hydrogen) atoms. The summed E-state index contributed by atoms with van der Waals surface area (Å²) >= 11 is 1.82. The highest BCUT2D eigenvalue weighted by Crippen LogP contribution is 2.34. The second kappa shape index (κ2) is 7.55. The molecule has 1 aromatic carbocycles. The fourth-order valence-electron chi connectivity index (χ4n) is 3.40. The molecule has 1 N–H and O–H groups in total. The van der Waals surface area contributed by atoms with Gasteiger partial charge in [0.05, 0.1) is 24.3 Å². The van der Waals surface area contributed by atoms with Crippen LogP contribution in [-0.4, -0.2) is 60.7 Å². The maximum absolute atomic E-state index is 13.1. The van der Waals surface area contributed by atoms with E-state index in [4.69, 9.17) is 4.74 Å². The summed E-state index contributed by atoms with van der Waals surface area (Å²) in [7, 11) is 0. The number of ether oxygens (including phenoxy) is 1. The van der Waals surface area contributed by atoms with Crippen molar-refractivity contribution in [1.29, 1.82) is 0 Å². The molecule has 4 nitrogen and oxygen atoms in total. The van der Waals surface area contributed by atoms with E-state index in [1.807, 2.05) is 11.8 Å². The van der Waals surface area contributed by atoms with Gasteiger partial charge in [0, 0.05) is 30.9 Å². The third kappa shape index (κ3) is 4.12. The molecule has 1 aromatic rings. The summed E-state index contributed by atoms with van der Waals surface area (Å²) < 4.78 is 44.7. The van der Waals surface area contributed by atoms with Gasteiger partial charge >= 0.3 is 6.18 Å². The maximum Gasteiger partial charge on any atom is 0.417 e. The Morgan fingerprint density at radius 2 is 2.00 bits per heavy atom. The number of amides is 1. The molecule has 2 aliphatic heterocycles. The number of benzene rings is 1. The average molecular weight is 374 g/mol. The van der Waals surface area contributed by atoms with E-state index >= 15 is 0 Å². The van der Waals surface area contributed by atoms with Crippen molar-refractivity contribution < 1.29 is 22.7 Å². The van der Waals surface area contributed by atoms with Gasteiger partial charge in [0.15, 0.2) is 0 Å². The van der Waals surface area contributed by atoms with Crippen molar-refractivity contribution in [1.82, 2.24) is 10.2 Å². The SMILES string of the molecule is O=C(NC[C@]1(N2CCOCC2)CCSC1)c1ccccc1C(F)(F)F. The van der Waals surface area contributed by atoms with Crippen molar-refractivity contribution in [3.63, 3.8) is 0 Å². The zero-order valence-electron chi connectivity index (χ0n) is 13.8.